The van der Waals surface area contributed by atoms with Gasteiger partial charge in [-0.2, -0.15) is 5.10 Å². The van der Waals surface area contributed by atoms with Crippen LogP contribution in [0, 0.1) is 0 Å². The zero-order valence-electron chi connectivity index (χ0n) is 15.7. The van der Waals surface area contributed by atoms with Crippen molar-refractivity contribution in [1.82, 2.24) is 29.6 Å². The second kappa shape index (κ2) is 8.46. The number of halogens is 1. The first-order valence-electron chi connectivity index (χ1n) is 9.37. The number of nitrogens with zero attached hydrogens (tertiary/aromatic N) is 5. The van der Waals surface area contributed by atoms with Crippen molar-refractivity contribution in [3.63, 3.8) is 0 Å². The molecule has 0 radical (unpaired) electrons. The molecule has 148 valence electrons. The number of aromatic nitrogens is 5. The highest BCUT2D eigenvalue weighted by Gasteiger charge is 2.16. The molecule has 0 unspecified atom stereocenters. The molecule has 1 N–H and O–H groups in total. The Balaban J connectivity index is 0.00000205. The zero-order valence-corrected chi connectivity index (χ0v) is 16.5. The van der Waals surface area contributed by atoms with E-state index in [4.69, 9.17) is 9.84 Å². The minimum atomic E-state index is 0. The van der Waals surface area contributed by atoms with Gasteiger partial charge in [-0.3, -0.25) is 9.25 Å². The maximum Gasteiger partial charge on any atom is 0.219 e. The lowest BCUT2D eigenvalue weighted by atomic mass is 10.3. The fourth-order valence-corrected chi connectivity index (χ4v) is 3.36. The number of fused-ring (bicyclic) bond motifs is 1. The Kier molecular flexibility index (Phi) is 5.59. The molecule has 3 aromatic heterocycles. The number of pyridine rings is 1. The monoisotopic (exact) mass is 408 g/mol. The molecule has 29 heavy (non-hydrogen) atoms. The smallest absolute Gasteiger partial charge is 0.219 e. The van der Waals surface area contributed by atoms with Gasteiger partial charge in [-0.15, -0.1) is 12.4 Å². The minimum Gasteiger partial charge on any atom is -0.439 e. The molecular weight excluding hydrogens is 388 g/mol. The number of benzene rings is 1. The van der Waals surface area contributed by atoms with E-state index in [1.54, 1.807) is 12.4 Å². The van der Waals surface area contributed by atoms with Gasteiger partial charge in [-0.1, -0.05) is 18.2 Å². The third-order valence-corrected chi connectivity index (χ3v) is 4.73. The van der Waals surface area contributed by atoms with E-state index in [0.717, 1.165) is 49.0 Å². The van der Waals surface area contributed by atoms with Crippen LogP contribution in [0.3, 0.4) is 0 Å². The predicted octanol–water partition coefficient (Wildman–Crippen LogP) is 3.84. The average Bonchev–Trinajstić information content (AvgIpc) is 3.31. The maximum atomic E-state index is 5.77. The van der Waals surface area contributed by atoms with E-state index in [1.807, 2.05) is 53.2 Å². The first-order chi connectivity index (χ1) is 13.9. The van der Waals surface area contributed by atoms with E-state index in [0.29, 0.717) is 5.88 Å². The van der Waals surface area contributed by atoms with Crippen LogP contribution in [0.25, 0.3) is 17.2 Å². The fourth-order valence-electron chi connectivity index (χ4n) is 3.36. The molecule has 0 saturated heterocycles. The molecule has 5 rings (SSSR count). The van der Waals surface area contributed by atoms with Crippen LogP contribution in [-0.2, 0) is 13.1 Å². The number of hydrogen-bond donors (Lipinski definition) is 1. The Hall–Kier alpha value is -3.16. The summed E-state index contributed by atoms with van der Waals surface area (Å²) >= 11 is 0. The van der Waals surface area contributed by atoms with Crippen LogP contribution in [0.4, 0.5) is 0 Å². The molecule has 0 aliphatic carbocycles. The van der Waals surface area contributed by atoms with Gasteiger partial charge in [0.25, 0.3) is 0 Å². The lowest BCUT2D eigenvalue weighted by Crippen LogP contribution is -2.11. The molecule has 0 fully saturated rings. The topological polar surface area (TPSA) is 69.8 Å². The number of imidazole rings is 1. The van der Waals surface area contributed by atoms with Crippen LogP contribution < -0.4 is 10.1 Å². The Morgan fingerprint density at radius 1 is 1.03 bits per heavy atom. The van der Waals surface area contributed by atoms with Crippen molar-refractivity contribution in [1.29, 1.82) is 0 Å². The number of para-hydroxylation sites is 1. The van der Waals surface area contributed by atoms with Crippen LogP contribution in [0.1, 0.15) is 12.1 Å². The third kappa shape index (κ3) is 4.01. The largest absolute Gasteiger partial charge is 0.439 e. The second-order valence-electron chi connectivity index (χ2n) is 6.66. The lowest BCUT2D eigenvalue weighted by Gasteiger charge is -2.08. The summed E-state index contributed by atoms with van der Waals surface area (Å²) in [5.41, 5.74) is 2.97. The van der Waals surface area contributed by atoms with E-state index >= 15 is 0 Å². The highest BCUT2D eigenvalue weighted by atomic mass is 35.5. The number of rotatable bonds is 4. The van der Waals surface area contributed by atoms with Gasteiger partial charge in [0.1, 0.15) is 11.4 Å². The third-order valence-electron chi connectivity index (χ3n) is 4.73. The summed E-state index contributed by atoms with van der Waals surface area (Å²) in [6.07, 6.45) is 6.57. The van der Waals surface area contributed by atoms with Crippen molar-refractivity contribution >= 4 is 12.4 Å². The summed E-state index contributed by atoms with van der Waals surface area (Å²) in [4.78, 5) is 8.96. The summed E-state index contributed by atoms with van der Waals surface area (Å²) in [6, 6.07) is 15.6. The minimum absolute atomic E-state index is 0. The van der Waals surface area contributed by atoms with Gasteiger partial charge in [0.05, 0.1) is 17.6 Å². The van der Waals surface area contributed by atoms with Crippen LogP contribution in [0.2, 0.25) is 0 Å². The van der Waals surface area contributed by atoms with Gasteiger partial charge in [0.15, 0.2) is 5.82 Å². The van der Waals surface area contributed by atoms with E-state index < -0.39 is 0 Å². The quantitative estimate of drug-likeness (QED) is 0.555. The van der Waals surface area contributed by atoms with Crippen molar-refractivity contribution < 1.29 is 4.74 Å². The number of hydrogen-bond acceptors (Lipinski definition) is 5. The summed E-state index contributed by atoms with van der Waals surface area (Å²) in [5, 5.41) is 8.18. The molecule has 0 spiro atoms. The molecule has 8 heteroatoms. The molecule has 4 aromatic rings. The Morgan fingerprint density at radius 2 is 1.93 bits per heavy atom. The Morgan fingerprint density at radius 3 is 2.76 bits per heavy atom. The molecule has 0 amide bonds. The summed E-state index contributed by atoms with van der Waals surface area (Å²) in [5.74, 6) is 2.12. The standard InChI is InChI=1S/C21H20N6O.ClH/c1-2-5-18(6-3-1)28-20-8-7-16(15-24-20)26-12-10-23-21(26)19-13-17-14-22-9-4-11-27(17)25-19;/h1-3,5-8,10,12-13,15,22H,4,9,11,14H2;1H. The number of aryl methyl sites for hydroxylation is 1. The summed E-state index contributed by atoms with van der Waals surface area (Å²) in [6.45, 7) is 2.79. The molecular formula is C21H21ClN6O. The van der Waals surface area contributed by atoms with E-state index in [2.05, 4.69) is 26.0 Å². The number of nitrogens with one attached hydrogen (secondary N) is 1. The van der Waals surface area contributed by atoms with Gasteiger partial charge >= 0.3 is 0 Å². The maximum absolute atomic E-state index is 5.77. The van der Waals surface area contributed by atoms with E-state index in [9.17, 15) is 0 Å². The van der Waals surface area contributed by atoms with Crippen molar-refractivity contribution in [2.45, 2.75) is 19.5 Å². The zero-order chi connectivity index (χ0) is 18.8. The molecule has 0 bridgehead atoms. The van der Waals surface area contributed by atoms with Crippen LogP contribution >= 0.6 is 12.4 Å². The molecule has 1 aliphatic heterocycles. The molecule has 7 nitrogen and oxygen atoms in total. The van der Waals surface area contributed by atoms with E-state index in [1.165, 1.54) is 5.69 Å². The van der Waals surface area contributed by atoms with Gasteiger partial charge in [-0.25, -0.2) is 9.97 Å². The molecule has 1 aliphatic rings. The summed E-state index contributed by atoms with van der Waals surface area (Å²) in [7, 11) is 0. The van der Waals surface area contributed by atoms with E-state index in [-0.39, 0.29) is 12.4 Å². The molecule has 4 heterocycles. The normalized spacial score (nSPS) is 13.2. The number of ether oxygens (including phenoxy) is 1. The lowest BCUT2D eigenvalue weighted by molar-refractivity contribution is 0.463. The Labute approximate surface area is 174 Å². The van der Waals surface area contributed by atoms with Crippen LogP contribution in [0.5, 0.6) is 11.6 Å². The summed E-state index contributed by atoms with van der Waals surface area (Å²) < 4.78 is 9.84. The second-order valence-corrected chi connectivity index (χ2v) is 6.66. The van der Waals surface area contributed by atoms with Crippen molar-refractivity contribution in [3.05, 3.63) is 72.8 Å². The van der Waals surface area contributed by atoms with Crippen molar-refractivity contribution in [2.24, 2.45) is 0 Å². The molecule has 0 saturated carbocycles. The molecule has 0 atom stereocenters. The average molecular weight is 409 g/mol. The first-order valence-corrected chi connectivity index (χ1v) is 9.37. The predicted molar refractivity (Wildman–Crippen MR) is 113 cm³/mol. The molecule has 1 aromatic carbocycles. The fraction of sp³-hybridized carbons (Fsp3) is 0.190. The van der Waals surface area contributed by atoms with Crippen molar-refractivity contribution in [2.75, 3.05) is 6.54 Å². The van der Waals surface area contributed by atoms with Crippen LogP contribution in [0.15, 0.2) is 67.1 Å². The highest BCUT2D eigenvalue weighted by Crippen LogP contribution is 2.24. The van der Waals surface area contributed by atoms with Crippen LogP contribution in [-0.4, -0.2) is 30.9 Å². The highest BCUT2D eigenvalue weighted by molar-refractivity contribution is 5.85. The van der Waals surface area contributed by atoms with Gasteiger partial charge in [-0.05, 0) is 37.2 Å². The first kappa shape index (κ1) is 19.2. The van der Waals surface area contributed by atoms with Gasteiger partial charge in [0.2, 0.25) is 5.88 Å². The van der Waals surface area contributed by atoms with Gasteiger partial charge < -0.3 is 10.1 Å². The SMILES string of the molecule is Cl.c1ccc(Oc2ccc(-n3ccnc3-c3cc4n(n3)CCCNC4)cn2)cc1. The van der Waals surface area contributed by atoms with Crippen molar-refractivity contribution in [3.8, 4) is 28.8 Å². The Bertz CT molecular complexity index is 1050. The van der Waals surface area contributed by atoms with Gasteiger partial charge in [0, 0.05) is 31.5 Å².